The minimum absolute atomic E-state index is 0.398. The first kappa shape index (κ1) is 32.6. The highest BCUT2D eigenvalue weighted by molar-refractivity contribution is 4.98. The van der Waals surface area contributed by atoms with E-state index in [-0.39, 0.29) is 0 Å². The van der Waals surface area contributed by atoms with E-state index >= 15 is 0 Å². The molecule has 0 saturated heterocycles. The van der Waals surface area contributed by atoms with Crippen LogP contribution in [-0.2, 0) is 18.9 Å². The van der Waals surface area contributed by atoms with Gasteiger partial charge in [-0.25, -0.2) is 0 Å². The number of allylic oxidation sites excluding steroid dienone is 1. The van der Waals surface area contributed by atoms with Crippen molar-refractivity contribution in [3.63, 3.8) is 0 Å². The minimum atomic E-state index is 0.398. The first-order valence-electron chi connectivity index (χ1n) is 13.7. The normalized spacial score (nSPS) is 17.2. The molecule has 0 amide bonds. The van der Waals surface area contributed by atoms with Crippen LogP contribution in [0.3, 0.4) is 0 Å². The monoisotopic (exact) mass is 470 g/mol. The summed E-state index contributed by atoms with van der Waals surface area (Å²) in [5.41, 5.74) is 1.31. The standard InChI is InChI=1S/C29H58O4/c1-10-24(5)15-30-17-26(7)13-12-14-27(8)18-31-19-28(9)20-33-22-29(23(3)4)21-32-16-25(6)11-2/h14,23-26,28-29H,10-13,15-22H2,1-9H3/b27-14+. The molecule has 0 spiro atoms. The first-order valence-corrected chi connectivity index (χ1v) is 13.7. The van der Waals surface area contributed by atoms with E-state index in [2.05, 4.69) is 68.4 Å². The van der Waals surface area contributed by atoms with Gasteiger partial charge in [0.15, 0.2) is 0 Å². The summed E-state index contributed by atoms with van der Waals surface area (Å²) in [5, 5.41) is 0. The lowest BCUT2D eigenvalue weighted by atomic mass is 9.98. The van der Waals surface area contributed by atoms with E-state index in [1.54, 1.807) is 0 Å². The van der Waals surface area contributed by atoms with Gasteiger partial charge in [-0.05, 0) is 43.4 Å². The number of ether oxygens (including phenoxy) is 4. The van der Waals surface area contributed by atoms with Crippen molar-refractivity contribution in [2.45, 2.75) is 88.0 Å². The van der Waals surface area contributed by atoms with E-state index in [1.165, 1.54) is 24.8 Å². The second-order valence-electron chi connectivity index (χ2n) is 11.0. The Morgan fingerprint density at radius 1 is 0.606 bits per heavy atom. The Morgan fingerprint density at radius 2 is 1.06 bits per heavy atom. The summed E-state index contributed by atoms with van der Waals surface area (Å²) in [4.78, 5) is 0. The molecule has 0 fully saturated rings. The van der Waals surface area contributed by atoms with Gasteiger partial charge < -0.3 is 18.9 Å². The molecule has 5 unspecified atom stereocenters. The van der Waals surface area contributed by atoms with E-state index in [1.807, 2.05) is 0 Å². The van der Waals surface area contributed by atoms with Crippen LogP contribution in [0.2, 0.25) is 0 Å². The topological polar surface area (TPSA) is 36.9 Å². The molecule has 33 heavy (non-hydrogen) atoms. The fourth-order valence-electron chi connectivity index (χ4n) is 3.21. The van der Waals surface area contributed by atoms with Crippen LogP contribution in [0.25, 0.3) is 0 Å². The molecule has 0 radical (unpaired) electrons. The Morgan fingerprint density at radius 3 is 1.58 bits per heavy atom. The first-order chi connectivity index (χ1) is 15.7. The van der Waals surface area contributed by atoms with Crippen LogP contribution in [-0.4, -0.2) is 52.9 Å². The summed E-state index contributed by atoms with van der Waals surface area (Å²) in [5.74, 6) is 3.31. The van der Waals surface area contributed by atoms with Crippen LogP contribution in [0.15, 0.2) is 11.6 Å². The van der Waals surface area contributed by atoms with Gasteiger partial charge in [0.05, 0.1) is 33.0 Å². The molecule has 0 aliphatic carbocycles. The zero-order chi connectivity index (χ0) is 25.1. The molecule has 0 aliphatic rings. The van der Waals surface area contributed by atoms with Crippen molar-refractivity contribution in [3.05, 3.63) is 11.6 Å². The van der Waals surface area contributed by atoms with Crippen LogP contribution in [0.4, 0.5) is 0 Å². The Bertz CT molecular complexity index is 463. The fourth-order valence-corrected chi connectivity index (χ4v) is 3.21. The Labute approximate surface area is 207 Å². The summed E-state index contributed by atoms with van der Waals surface area (Å²) >= 11 is 0. The lowest BCUT2D eigenvalue weighted by Gasteiger charge is -2.23. The van der Waals surface area contributed by atoms with Crippen LogP contribution >= 0.6 is 0 Å². The molecule has 4 heteroatoms. The summed E-state index contributed by atoms with van der Waals surface area (Å²) in [7, 11) is 0. The zero-order valence-electron chi connectivity index (χ0n) is 23.7. The lowest BCUT2D eigenvalue weighted by Crippen LogP contribution is -2.25. The van der Waals surface area contributed by atoms with Crippen molar-refractivity contribution >= 4 is 0 Å². The third-order valence-electron chi connectivity index (χ3n) is 6.49. The number of hydrogen-bond acceptors (Lipinski definition) is 4. The van der Waals surface area contributed by atoms with Gasteiger partial charge in [0.1, 0.15) is 0 Å². The largest absolute Gasteiger partial charge is 0.381 e. The average Bonchev–Trinajstić information content (AvgIpc) is 2.77. The second kappa shape index (κ2) is 20.9. The molecule has 0 aromatic heterocycles. The molecule has 0 saturated carbocycles. The second-order valence-corrected chi connectivity index (χ2v) is 11.0. The Kier molecular flexibility index (Phi) is 20.6. The minimum Gasteiger partial charge on any atom is -0.381 e. The maximum absolute atomic E-state index is 6.02. The highest BCUT2D eigenvalue weighted by Gasteiger charge is 2.15. The van der Waals surface area contributed by atoms with E-state index in [9.17, 15) is 0 Å². The summed E-state index contributed by atoms with van der Waals surface area (Å²) in [6.07, 6.45) is 6.94. The smallest absolute Gasteiger partial charge is 0.0674 e. The molecule has 0 aromatic rings. The molecule has 0 bridgehead atoms. The summed E-state index contributed by atoms with van der Waals surface area (Å²) in [6, 6.07) is 0. The third kappa shape index (κ3) is 19.6. The van der Waals surface area contributed by atoms with Gasteiger partial charge >= 0.3 is 0 Å². The van der Waals surface area contributed by atoms with Crippen LogP contribution in [0, 0.1) is 35.5 Å². The van der Waals surface area contributed by atoms with Crippen molar-refractivity contribution in [2.24, 2.45) is 35.5 Å². The molecule has 0 rings (SSSR count). The number of hydrogen-bond donors (Lipinski definition) is 0. The van der Waals surface area contributed by atoms with Crippen molar-refractivity contribution in [1.82, 2.24) is 0 Å². The third-order valence-corrected chi connectivity index (χ3v) is 6.49. The molecule has 198 valence electrons. The van der Waals surface area contributed by atoms with E-state index in [4.69, 9.17) is 18.9 Å². The predicted molar refractivity (Wildman–Crippen MR) is 142 cm³/mol. The summed E-state index contributed by atoms with van der Waals surface area (Å²) in [6.45, 7) is 26.4. The summed E-state index contributed by atoms with van der Waals surface area (Å²) < 4.78 is 23.7. The lowest BCUT2D eigenvalue weighted by molar-refractivity contribution is -0.00532. The van der Waals surface area contributed by atoms with Gasteiger partial charge in [0, 0.05) is 31.7 Å². The zero-order valence-corrected chi connectivity index (χ0v) is 23.7. The SMILES string of the molecule is CCC(C)COCC(C)CC/C=C(\C)COCC(C)COCC(COCC(C)CC)C(C)C. The van der Waals surface area contributed by atoms with Gasteiger partial charge in [-0.2, -0.15) is 0 Å². The molecular formula is C29H58O4. The van der Waals surface area contributed by atoms with Gasteiger partial charge in [-0.1, -0.05) is 79.9 Å². The highest BCUT2D eigenvalue weighted by atomic mass is 16.5. The molecule has 0 N–H and O–H groups in total. The van der Waals surface area contributed by atoms with Gasteiger partial charge in [-0.3, -0.25) is 0 Å². The Balaban J connectivity index is 3.91. The molecule has 0 aliphatic heterocycles. The van der Waals surface area contributed by atoms with Crippen molar-refractivity contribution in [1.29, 1.82) is 0 Å². The van der Waals surface area contributed by atoms with Gasteiger partial charge in [0.25, 0.3) is 0 Å². The fraction of sp³-hybridized carbons (Fsp3) is 0.931. The maximum Gasteiger partial charge on any atom is 0.0674 e. The molecule has 5 atom stereocenters. The average molecular weight is 471 g/mol. The Hall–Kier alpha value is -0.420. The van der Waals surface area contributed by atoms with Gasteiger partial charge in [-0.15, -0.1) is 0 Å². The molecule has 0 heterocycles. The van der Waals surface area contributed by atoms with Crippen molar-refractivity contribution in [3.8, 4) is 0 Å². The quantitative estimate of drug-likeness (QED) is 0.154. The van der Waals surface area contributed by atoms with Crippen LogP contribution in [0.5, 0.6) is 0 Å². The van der Waals surface area contributed by atoms with E-state index in [0.29, 0.717) is 42.1 Å². The van der Waals surface area contributed by atoms with E-state index < -0.39 is 0 Å². The van der Waals surface area contributed by atoms with Crippen LogP contribution < -0.4 is 0 Å². The molecule has 0 aromatic carbocycles. The van der Waals surface area contributed by atoms with Crippen molar-refractivity contribution < 1.29 is 18.9 Å². The highest BCUT2D eigenvalue weighted by Crippen LogP contribution is 2.14. The van der Waals surface area contributed by atoms with E-state index in [0.717, 1.165) is 52.7 Å². The number of rotatable bonds is 22. The molecular weight excluding hydrogens is 412 g/mol. The maximum atomic E-state index is 6.02. The molecule has 4 nitrogen and oxygen atoms in total. The van der Waals surface area contributed by atoms with Crippen molar-refractivity contribution in [2.75, 3.05) is 52.9 Å². The van der Waals surface area contributed by atoms with Crippen LogP contribution in [0.1, 0.15) is 88.0 Å². The predicted octanol–water partition coefficient (Wildman–Crippen LogP) is 7.42. The van der Waals surface area contributed by atoms with Gasteiger partial charge in [0.2, 0.25) is 0 Å².